The normalized spacial score (nSPS) is 11.1. The van der Waals surface area contributed by atoms with E-state index in [0.717, 1.165) is 5.56 Å². The first-order valence-corrected chi connectivity index (χ1v) is 16.9. The Bertz CT molecular complexity index is 1240. The molecule has 0 aliphatic heterocycles. The molecule has 51 heavy (non-hydrogen) atoms. The first kappa shape index (κ1) is 43.3. The Balaban J connectivity index is 1.30. The minimum Gasteiger partial charge on any atom is -0.392 e. The second kappa shape index (κ2) is 31.0. The predicted octanol–water partition coefficient (Wildman–Crippen LogP) is 2.60. The summed E-state index contributed by atoms with van der Waals surface area (Å²) in [5, 5.41) is 22.9. The molecule has 0 aromatic heterocycles. The summed E-state index contributed by atoms with van der Waals surface area (Å²) in [5.41, 5.74) is 2.52. The quantitative estimate of drug-likeness (QED) is 0.0576. The summed E-state index contributed by atoms with van der Waals surface area (Å²) in [6.45, 7) is 7.56. The highest BCUT2D eigenvalue weighted by Gasteiger charge is 2.06. The molecule has 282 valence electrons. The monoisotopic (exact) mass is 716 g/mol. The summed E-state index contributed by atoms with van der Waals surface area (Å²) in [7, 11) is 0. The van der Waals surface area contributed by atoms with Gasteiger partial charge >= 0.3 is 0 Å². The molecule has 15 heteroatoms. The molecular formula is C36H52N4O11. The number of hydrogen-bond acceptors (Lipinski definition) is 13. The third-order valence-electron chi connectivity index (χ3n) is 6.52. The molecule has 2 rings (SSSR count). The molecule has 0 fully saturated rings. The van der Waals surface area contributed by atoms with E-state index in [0.29, 0.717) is 123 Å². The Morgan fingerprint density at radius 1 is 0.569 bits per heavy atom. The third kappa shape index (κ3) is 24.1. The highest BCUT2D eigenvalue weighted by Crippen LogP contribution is 2.19. The Morgan fingerprint density at radius 3 is 1.39 bits per heavy atom. The van der Waals surface area contributed by atoms with Crippen molar-refractivity contribution in [1.29, 1.82) is 0 Å². The van der Waals surface area contributed by atoms with Gasteiger partial charge in [0.15, 0.2) is 0 Å². The van der Waals surface area contributed by atoms with E-state index in [1.807, 2.05) is 0 Å². The van der Waals surface area contributed by atoms with Gasteiger partial charge in [0.1, 0.15) is 6.61 Å². The van der Waals surface area contributed by atoms with Crippen LogP contribution < -0.4 is 10.6 Å². The highest BCUT2D eigenvalue weighted by atomic mass is 16.6. The van der Waals surface area contributed by atoms with Gasteiger partial charge in [0.2, 0.25) is 5.91 Å². The lowest BCUT2D eigenvalue weighted by Gasteiger charge is -2.09. The number of azo groups is 1. The first-order valence-electron chi connectivity index (χ1n) is 16.9. The van der Waals surface area contributed by atoms with Crippen molar-refractivity contribution in [2.75, 3.05) is 119 Å². The zero-order valence-corrected chi connectivity index (χ0v) is 29.3. The average Bonchev–Trinajstić information content (AvgIpc) is 3.16. The maximum Gasteiger partial charge on any atom is 0.251 e. The summed E-state index contributed by atoms with van der Waals surface area (Å²) in [6.07, 6.45) is 5.29. The van der Waals surface area contributed by atoms with Crippen LogP contribution in [0.4, 0.5) is 11.4 Å². The minimum atomic E-state index is -0.257. The van der Waals surface area contributed by atoms with Crippen molar-refractivity contribution in [3.8, 4) is 12.3 Å². The minimum absolute atomic E-state index is 0.0287. The zero-order valence-electron chi connectivity index (χ0n) is 29.3. The number of aliphatic hydroxyl groups excluding tert-OH is 1. The fraction of sp³-hybridized carbons (Fsp3) is 0.556. The molecule has 0 aliphatic rings. The Kier molecular flexibility index (Phi) is 26.3. The van der Waals surface area contributed by atoms with Crippen LogP contribution in [0.5, 0.6) is 0 Å². The molecule has 0 atom stereocenters. The van der Waals surface area contributed by atoms with Crippen LogP contribution in [-0.2, 0) is 49.3 Å². The molecule has 15 nitrogen and oxygen atoms in total. The summed E-state index contributed by atoms with van der Waals surface area (Å²) in [6, 6.07) is 13.8. The van der Waals surface area contributed by atoms with Crippen LogP contribution in [0, 0.1) is 12.3 Å². The van der Waals surface area contributed by atoms with Crippen LogP contribution in [0.3, 0.4) is 0 Å². The fourth-order valence-corrected chi connectivity index (χ4v) is 3.87. The number of amides is 2. The lowest BCUT2D eigenvalue weighted by molar-refractivity contribution is -0.122. The van der Waals surface area contributed by atoms with Crippen LogP contribution >= 0.6 is 0 Å². The molecule has 0 bridgehead atoms. The largest absolute Gasteiger partial charge is 0.392 e. The number of aliphatic hydroxyl groups is 1. The van der Waals surface area contributed by atoms with Crippen molar-refractivity contribution in [2.45, 2.75) is 13.0 Å². The number of nitrogens with one attached hydrogen (secondary N) is 2. The summed E-state index contributed by atoms with van der Waals surface area (Å²) < 4.78 is 43.1. The van der Waals surface area contributed by atoms with Crippen molar-refractivity contribution in [2.24, 2.45) is 10.2 Å². The van der Waals surface area contributed by atoms with Crippen LogP contribution in [0.1, 0.15) is 22.3 Å². The number of nitrogens with zero attached hydrogens (tertiary/aromatic N) is 2. The first-order chi connectivity index (χ1) is 25.1. The van der Waals surface area contributed by atoms with Gasteiger partial charge in [-0.2, -0.15) is 10.2 Å². The average molecular weight is 717 g/mol. The van der Waals surface area contributed by atoms with Gasteiger partial charge in [-0.05, 0) is 42.0 Å². The molecule has 0 spiro atoms. The molecule has 0 saturated carbocycles. The van der Waals surface area contributed by atoms with E-state index in [-0.39, 0.29) is 38.0 Å². The third-order valence-corrected chi connectivity index (χ3v) is 6.52. The summed E-state index contributed by atoms with van der Waals surface area (Å²) in [4.78, 5) is 24.4. The lowest BCUT2D eigenvalue weighted by atomic mass is 10.2. The maximum absolute atomic E-state index is 12.4. The van der Waals surface area contributed by atoms with E-state index in [1.54, 1.807) is 48.5 Å². The van der Waals surface area contributed by atoms with Crippen LogP contribution in [-0.4, -0.2) is 136 Å². The molecule has 2 amide bonds. The molecule has 0 saturated heterocycles. The van der Waals surface area contributed by atoms with E-state index < -0.39 is 0 Å². The zero-order chi connectivity index (χ0) is 36.5. The molecule has 2 aromatic carbocycles. The number of benzene rings is 2. The standard InChI is InChI=1S/C36H52N4O11/c1-2-14-44-16-18-46-20-22-48-24-26-50-28-29-51-27-25-49-23-21-47-19-17-45-15-11-35(42)37-12-13-38-36(43)32-5-9-34(10-6-32)40-39-33-7-3-31(30-41)4-8-33/h1,3-10,41H,11-30H2,(H,37,42)(H,38,43). The molecule has 2 aromatic rings. The molecule has 0 aliphatic carbocycles. The predicted molar refractivity (Wildman–Crippen MR) is 188 cm³/mol. The van der Waals surface area contributed by atoms with E-state index in [1.165, 1.54) is 0 Å². The highest BCUT2D eigenvalue weighted by molar-refractivity contribution is 5.94. The van der Waals surface area contributed by atoms with Gasteiger partial charge in [-0.1, -0.05) is 18.1 Å². The van der Waals surface area contributed by atoms with E-state index >= 15 is 0 Å². The van der Waals surface area contributed by atoms with Crippen molar-refractivity contribution < 1.29 is 52.6 Å². The van der Waals surface area contributed by atoms with Crippen molar-refractivity contribution in [1.82, 2.24) is 10.6 Å². The van der Waals surface area contributed by atoms with E-state index in [4.69, 9.17) is 49.4 Å². The molecule has 3 N–H and O–H groups in total. The van der Waals surface area contributed by atoms with Gasteiger partial charge in [0.05, 0.1) is 117 Å². The number of carbonyl (C=O) groups is 2. The lowest BCUT2D eigenvalue weighted by Crippen LogP contribution is -2.35. The summed E-state index contributed by atoms with van der Waals surface area (Å²) in [5.74, 6) is 1.97. The Labute approximate surface area is 300 Å². The molecule has 0 unspecified atom stereocenters. The van der Waals surface area contributed by atoms with E-state index in [2.05, 4.69) is 26.8 Å². The molecule has 0 radical (unpaired) electrons. The summed E-state index contributed by atoms with van der Waals surface area (Å²) >= 11 is 0. The second-order valence-electron chi connectivity index (χ2n) is 10.5. The van der Waals surface area contributed by atoms with Crippen LogP contribution in [0.25, 0.3) is 0 Å². The van der Waals surface area contributed by atoms with Crippen molar-refractivity contribution >= 4 is 23.2 Å². The van der Waals surface area contributed by atoms with Gasteiger partial charge in [-0.3, -0.25) is 9.59 Å². The molecule has 0 heterocycles. The van der Waals surface area contributed by atoms with Gasteiger partial charge in [-0.25, -0.2) is 0 Å². The number of ether oxygens (including phenoxy) is 8. The SMILES string of the molecule is C#CCOCCOCCOCCOCCOCCOCCOCCOCCC(=O)NCCNC(=O)c1ccc(N=Nc2ccc(CO)cc2)cc1. The van der Waals surface area contributed by atoms with Crippen molar-refractivity contribution in [3.05, 3.63) is 59.7 Å². The number of hydrogen-bond donors (Lipinski definition) is 3. The van der Waals surface area contributed by atoms with Crippen LogP contribution in [0.2, 0.25) is 0 Å². The smallest absolute Gasteiger partial charge is 0.251 e. The topological polar surface area (TPSA) is 177 Å². The fourth-order valence-electron chi connectivity index (χ4n) is 3.87. The number of terminal acetylenes is 1. The molecular weight excluding hydrogens is 664 g/mol. The van der Waals surface area contributed by atoms with Gasteiger partial charge in [0.25, 0.3) is 5.91 Å². The van der Waals surface area contributed by atoms with Gasteiger partial charge in [0, 0.05) is 25.1 Å². The maximum atomic E-state index is 12.4. The van der Waals surface area contributed by atoms with E-state index in [9.17, 15) is 9.59 Å². The second-order valence-corrected chi connectivity index (χ2v) is 10.5. The Hall–Kier alpha value is -3.82. The van der Waals surface area contributed by atoms with Crippen LogP contribution in [0.15, 0.2) is 58.8 Å². The number of rotatable bonds is 32. The van der Waals surface area contributed by atoms with Gasteiger partial charge < -0.3 is 53.6 Å². The Morgan fingerprint density at radius 2 is 0.961 bits per heavy atom. The van der Waals surface area contributed by atoms with Crippen molar-refractivity contribution in [3.63, 3.8) is 0 Å². The van der Waals surface area contributed by atoms with Gasteiger partial charge in [-0.15, -0.1) is 6.42 Å². The number of carbonyl (C=O) groups excluding carboxylic acids is 2.